The maximum Gasteiger partial charge on any atom is 0.172 e. The molecule has 0 spiro atoms. The third-order valence-corrected chi connectivity index (χ3v) is 3.05. The number of hydrogen-bond acceptors (Lipinski definition) is 3. The van der Waals surface area contributed by atoms with Crippen molar-refractivity contribution in [2.24, 2.45) is 0 Å². The Kier molecular flexibility index (Phi) is 4.77. The van der Waals surface area contributed by atoms with Crippen molar-refractivity contribution in [3.8, 4) is 11.5 Å². The monoisotopic (exact) mass is 270 g/mol. The molecule has 104 valence electrons. The first-order valence-corrected chi connectivity index (χ1v) is 6.63. The molecule has 20 heavy (non-hydrogen) atoms. The van der Waals surface area contributed by atoms with E-state index < -0.39 is 0 Å². The van der Waals surface area contributed by atoms with E-state index in [-0.39, 0.29) is 5.78 Å². The lowest BCUT2D eigenvalue weighted by Crippen LogP contribution is -2.05. The maximum absolute atomic E-state index is 12.0. The highest BCUT2D eigenvalue weighted by Gasteiger charge is 2.15. The fourth-order valence-corrected chi connectivity index (χ4v) is 1.97. The third kappa shape index (κ3) is 3.18. The molecule has 0 fully saturated rings. The van der Waals surface area contributed by atoms with Crippen molar-refractivity contribution < 1.29 is 14.3 Å². The van der Waals surface area contributed by atoms with Crippen molar-refractivity contribution in [2.75, 3.05) is 7.11 Å². The Bertz CT molecular complexity index is 576. The quantitative estimate of drug-likeness (QED) is 0.747. The standard InChI is InChI=1S/C17H18O3/c1-3-15(18)14-10-7-11-16(19-2)17(14)20-12-13-8-5-4-6-9-13/h4-11H,3,12H2,1-2H3. The van der Waals surface area contributed by atoms with Crippen LogP contribution in [0.1, 0.15) is 29.3 Å². The van der Waals surface area contributed by atoms with Crippen LogP contribution in [0.25, 0.3) is 0 Å². The molecular formula is C17H18O3. The number of ketones is 1. The van der Waals surface area contributed by atoms with Crippen molar-refractivity contribution in [3.05, 3.63) is 59.7 Å². The molecule has 2 aromatic rings. The smallest absolute Gasteiger partial charge is 0.172 e. The number of ether oxygens (including phenoxy) is 2. The molecule has 0 radical (unpaired) electrons. The normalized spacial score (nSPS) is 10.1. The van der Waals surface area contributed by atoms with Gasteiger partial charge < -0.3 is 9.47 Å². The molecule has 0 aromatic heterocycles. The highest BCUT2D eigenvalue weighted by molar-refractivity contribution is 5.99. The van der Waals surface area contributed by atoms with Gasteiger partial charge in [-0.2, -0.15) is 0 Å². The molecule has 0 aliphatic carbocycles. The molecule has 0 aliphatic heterocycles. The zero-order chi connectivity index (χ0) is 14.4. The second kappa shape index (κ2) is 6.75. The van der Waals surface area contributed by atoms with E-state index in [1.807, 2.05) is 37.3 Å². The highest BCUT2D eigenvalue weighted by Crippen LogP contribution is 2.32. The van der Waals surface area contributed by atoms with E-state index in [9.17, 15) is 4.79 Å². The molecule has 0 heterocycles. The minimum absolute atomic E-state index is 0.0481. The van der Waals surface area contributed by atoms with Crippen LogP contribution in [0.15, 0.2) is 48.5 Å². The van der Waals surface area contributed by atoms with Crippen molar-refractivity contribution in [1.29, 1.82) is 0 Å². The lowest BCUT2D eigenvalue weighted by atomic mass is 10.1. The molecule has 2 rings (SSSR count). The van der Waals surface area contributed by atoms with Crippen LogP contribution in [0.2, 0.25) is 0 Å². The van der Waals surface area contributed by atoms with Crippen LogP contribution in [0.3, 0.4) is 0 Å². The predicted molar refractivity (Wildman–Crippen MR) is 78.4 cm³/mol. The summed E-state index contributed by atoms with van der Waals surface area (Å²) < 4.78 is 11.1. The van der Waals surface area contributed by atoms with E-state index in [1.54, 1.807) is 25.3 Å². The molecule has 0 atom stereocenters. The van der Waals surface area contributed by atoms with Crippen LogP contribution in [-0.4, -0.2) is 12.9 Å². The first kappa shape index (κ1) is 14.1. The third-order valence-electron chi connectivity index (χ3n) is 3.05. The van der Waals surface area contributed by atoms with Crippen LogP contribution in [0, 0.1) is 0 Å². The SMILES string of the molecule is CCC(=O)c1cccc(OC)c1OCc1ccccc1. The minimum atomic E-state index is 0.0481. The van der Waals surface area contributed by atoms with E-state index in [2.05, 4.69) is 0 Å². The first-order chi connectivity index (χ1) is 9.76. The van der Waals surface area contributed by atoms with Crippen LogP contribution in [0.5, 0.6) is 11.5 Å². The van der Waals surface area contributed by atoms with Crippen LogP contribution in [0.4, 0.5) is 0 Å². The van der Waals surface area contributed by atoms with E-state index in [4.69, 9.17) is 9.47 Å². The summed E-state index contributed by atoms with van der Waals surface area (Å²) in [7, 11) is 1.57. The number of hydrogen-bond donors (Lipinski definition) is 0. The van der Waals surface area contributed by atoms with Gasteiger partial charge in [0.1, 0.15) is 6.61 Å². The van der Waals surface area contributed by atoms with Gasteiger partial charge in [-0.1, -0.05) is 43.3 Å². The Balaban J connectivity index is 2.26. The fraction of sp³-hybridized carbons (Fsp3) is 0.235. The molecule has 2 aromatic carbocycles. The molecule has 0 N–H and O–H groups in total. The zero-order valence-corrected chi connectivity index (χ0v) is 11.8. The largest absolute Gasteiger partial charge is 0.493 e. The second-order valence-electron chi connectivity index (χ2n) is 4.39. The lowest BCUT2D eigenvalue weighted by molar-refractivity contribution is 0.0983. The molecule has 0 unspecified atom stereocenters. The lowest BCUT2D eigenvalue weighted by Gasteiger charge is -2.14. The average molecular weight is 270 g/mol. The predicted octanol–water partition coefficient (Wildman–Crippen LogP) is 3.87. The van der Waals surface area contributed by atoms with Gasteiger partial charge in [0.05, 0.1) is 12.7 Å². The topological polar surface area (TPSA) is 35.5 Å². The van der Waals surface area contributed by atoms with Crippen LogP contribution < -0.4 is 9.47 Å². The van der Waals surface area contributed by atoms with Gasteiger partial charge in [-0.3, -0.25) is 4.79 Å². The van der Waals surface area contributed by atoms with Gasteiger partial charge in [-0.15, -0.1) is 0 Å². The number of carbonyl (C=O) groups excluding carboxylic acids is 1. The van der Waals surface area contributed by atoms with Crippen molar-refractivity contribution in [1.82, 2.24) is 0 Å². The Morgan fingerprint density at radius 3 is 2.45 bits per heavy atom. The summed E-state index contributed by atoms with van der Waals surface area (Å²) in [5, 5.41) is 0. The molecule has 0 bridgehead atoms. The minimum Gasteiger partial charge on any atom is -0.493 e. The number of benzene rings is 2. The van der Waals surface area contributed by atoms with Gasteiger partial charge in [0, 0.05) is 6.42 Å². The van der Waals surface area contributed by atoms with Gasteiger partial charge in [-0.05, 0) is 17.7 Å². The molecule has 0 saturated carbocycles. The van der Waals surface area contributed by atoms with E-state index in [1.165, 1.54) is 0 Å². The first-order valence-electron chi connectivity index (χ1n) is 6.63. The number of Topliss-reactive ketones (excluding diaryl/α,β-unsaturated/α-hetero) is 1. The number of methoxy groups -OCH3 is 1. The van der Waals surface area contributed by atoms with Crippen LogP contribution >= 0.6 is 0 Å². The van der Waals surface area contributed by atoms with E-state index >= 15 is 0 Å². The molecule has 3 nitrogen and oxygen atoms in total. The van der Waals surface area contributed by atoms with Crippen LogP contribution in [-0.2, 0) is 6.61 Å². The summed E-state index contributed by atoms with van der Waals surface area (Å²) in [6.45, 7) is 2.24. The van der Waals surface area contributed by atoms with Gasteiger partial charge in [-0.25, -0.2) is 0 Å². The molecule has 0 amide bonds. The molecule has 3 heteroatoms. The average Bonchev–Trinajstić information content (AvgIpc) is 2.52. The Morgan fingerprint density at radius 2 is 1.80 bits per heavy atom. The number of rotatable bonds is 6. The summed E-state index contributed by atoms with van der Waals surface area (Å²) in [6, 6.07) is 15.2. The second-order valence-corrected chi connectivity index (χ2v) is 4.39. The van der Waals surface area contributed by atoms with Gasteiger partial charge >= 0.3 is 0 Å². The fourth-order valence-electron chi connectivity index (χ4n) is 1.97. The number of carbonyl (C=O) groups is 1. The van der Waals surface area contributed by atoms with Gasteiger partial charge in [0.2, 0.25) is 0 Å². The molecule has 0 aliphatic rings. The number of para-hydroxylation sites is 1. The Morgan fingerprint density at radius 1 is 1.05 bits per heavy atom. The Hall–Kier alpha value is -2.29. The van der Waals surface area contributed by atoms with Gasteiger partial charge in [0.25, 0.3) is 0 Å². The summed E-state index contributed by atoms with van der Waals surface area (Å²) >= 11 is 0. The Labute approximate surface area is 119 Å². The summed E-state index contributed by atoms with van der Waals surface area (Å²) in [6.07, 6.45) is 0.439. The molecular weight excluding hydrogens is 252 g/mol. The van der Waals surface area contributed by atoms with Crippen molar-refractivity contribution in [2.45, 2.75) is 20.0 Å². The highest BCUT2D eigenvalue weighted by atomic mass is 16.5. The van der Waals surface area contributed by atoms with Crippen molar-refractivity contribution >= 4 is 5.78 Å². The molecule has 0 saturated heterocycles. The van der Waals surface area contributed by atoms with Crippen molar-refractivity contribution in [3.63, 3.8) is 0 Å². The van der Waals surface area contributed by atoms with Gasteiger partial charge in [0.15, 0.2) is 17.3 Å². The summed E-state index contributed by atoms with van der Waals surface area (Å²) in [5.41, 5.74) is 1.62. The van der Waals surface area contributed by atoms with E-state index in [0.29, 0.717) is 30.1 Å². The maximum atomic E-state index is 12.0. The summed E-state index contributed by atoms with van der Waals surface area (Å²) in [4.78, 5) is 12.0. The zero-order valence-electron chi connectivity index (χ0n) is 11.8. The summed E-state index contributed by atoms with van der Waals surface area (Å²) in [5.74, 6) is 1.15. The van der Waals surface area contributed by atoms with E-state index in [0.717, 1.165) is 5.56 Å².